The van der Waals surface area contributed by atoms with Crippen LogP contribution in [0.25, 0.3) is 0 Å². The normalized spacial score (nSPS) is 20.1. The predicted molar refractivity (Wildman–Crippen MR) is 126 cm³/mol. The Hall–Kier alpha value is -3.11. The van der Waals surface area contributed by atoms with Gasteiger partial charge in [-0.3, -0.25) is 24.0 Å². The molecule has 1 saturated heterocycles. The minimum absolute atomic E-state index is 0.0616. The minimum Gasteiger partial charge on any atom is -0.495 e. The number of ether oxygens (including phenoxy) is 1. The van der Waals surface area contributed by atoms with E-state index < -0.39 is 22.5 Å². The van der Waals surface area contributed by atoms with E-state index >= 15 is 0 Å². The molecule has 1 aliphatic heterocycles. The van der Waals surface area contributed by atoms with E-state index in [0.29, 0.717) is 12.8 Å². The molecule has 2 fully saturated rings. The molecular weight excluding hydrogens is 482 g/mol. The van der Waals surface area contributed by atoms with E-state index in [1.165, 1.54) is 31.4 Å². The van der Waals surface area contributed by atoms with Crippen LogP contribution in [-0.4, -0.2) is 44.7 Å². The number of likely N-dealkylation sites (tertiary alicyclic amines) is 1. The van der Waals surface area contributed by atoms with Gasteiger partial charge in [0.1, 0.15) is 17.2 Å². The number of halogens is 1. The summed E-state index contributed by atoms with van der Waals surface area (Å²) in [6.45, 7) is -0.420. The van der Waals surface area contributed by atoms with E-state index in [9.17, 15) is 22.8 Å². The molecule has 2 atom stereocenters. The number of para-hydroxylation sites is 1. The molecule has 34 heavy (non-hydrogen) atoms. The van der Waals surface area contributed by atoms with Crippen molar-refractivity contribution in [1.82, 2.24) is 4.90 Å². The molecule has 2 unspecified atom stereocenters. The number of carbonyl (C=O) groups excluding carboxylic acids is 3. The van der Waals surface area contributed by atoms with E-state index in [-0.39, 0.29) is 50.7 Å². The maximum atomic E-state index is 13.0. The highest BCUT2D eigenvalue weighted by molar-refractivity contribution is 7.92. The van der Waals surface area contributed by atoms with Crippen LogP contribution in [0, 0.1) is 11.8 Å². The lowest BCUT2D eigenvalue weighted by molar-refractivity contribution is -0.142. The fraction of sp³-hybridized carbons (Fsp3) is 0.348. The number of benzene rings is 2. The lowest BCUT2D eigenvalue weighted by Gasteiger charge is -2.19. The molecule has 9 nitrogen and oxygen atoms in total. The zero-order valence-electron chi connectivity index (χ0n) is 18.4. The fourth-order valence-electron chi connectivity index (χ4n) is 4.44. The molecule has 0 spiro atoms. The van der Waals surface area contributed by atoms with Gasteiger partial charge in [0, 0.05) is 5.69 Å². The Kier molecular flexibility index (Phi) is 6.81. The molecule has 1 saturated carbocycles. The summed E-state index contributed by atoms with van der Waals surface area (Å²) in [7, 11) is -2.80. The summed E-state index contributed by atoms with van der Waals surface area (Å²) in [5, 5.41) is 2.79. The second-order valence-corrected chi connectivity index (χ2v) is 10.3. The number of amides is 3. The van der Waals surface area contributed by atoms with Crippen molar-refractivity contribution in [2.75, 3.05) is 23.7 Å². The Morgan fingerprint density at radius 1 is 1.09 bits per heavy atom. The highest BCUT2D eigenvalue weighted by atomic mass is 35.5. The lowest BCUT2D eigenvalue weighted by atomic mass is 9.81. The molecule has 180 valence electrons. The largest absolute Gasteiger partial charge is 0.495 e. The average molecular weight is 506 g/mol. The Balaban J connectivity index is 1.51. The number of nitrogens with one attached hydrogen (secondary N) is 2. The quantitative estimate of drug-likeness (QED) is 0.557. The number of fused-ring (bicyclic) bond motifs is 1. The first-order valence-corrected chi connectivity index (χ1v) is 12.7. The first-order valence-electron chi connectivity index (χ1n) is 10.8. The topological polar surface area (TPSA) is 122 Å². The van der Waals surface area contributed by atoms with Crippen LogP contribution >= 0.6 is 11.6 Å². The van der Waals surface area contributed by atoms with Gasteiger partial charge in [0.05, 0.1) is 29.7 Å². The summed E-state index contributed by atoms with van der Waals surface area (Å²) >= 11 is 6.07. The van der Waals surface area contributed by atoms with Gasteiger partial charge in [0.2, 0.25) is 17.7 Å². The summed E-state index contributed by atoms with van der Waals surface area (Å²) in [6, 6.07) is 10.5. The zero-order chi connectivity index (χ0) is 24.5. The Morgan fingerprint density at radius 2 is 1.74 bits per heavy atom. The third-order valence-corrected chi connectivity index (χ3v) is 7.81. The van der Waals surface area contributed by atoms with E-state index in [2.05, 4.69) is 10.0 Å². The standard InChI is InChI=1S/C23H24ClN3O6S/c1-33-19-11-10-14(12-20(19)34(31,32)26-18-9-5-4-8-17(18)24)25-21(28)13-27-22(29)15-6-2-3-7-16(15)23(27)30/h4-5,8-12,15-16,26H,2-3,6-7,13H2,1H3,(H,25,28). The third-order valence-electron chi connectivity index (χ3n) is 6.09. The van der Waals surface area contributed by atoms with Crippen molar-refractivity contribution >= 4 is 50.7 Å². The van der Waals surface area contributed by atoms with Gasteiger partial charge in [0.25, 0.3) is 10.0 Å². The van der Waals surface area contributed by atoms with Crippen molar-refractivity contribution < 1.29 is 27.5 Å². The molecule has 3 amide bonds. The summed E-state index contributed by atoms with van der Waals surface area (Å²) in [5.41, 5.74) is 0.357. The molecule has 2 aliphatic rings. The number of nitrogens with zero attached hydrogens (tertiary/aromatic N) is 1. The molecule has 2 aromatic rings. The number of methoxy groups -OCH3 is 1. The van der Waals surface area contributed by atoms with Gasteiger partial charge in [-0.15, -0.1) is 0 Å². The van der Waals surface area contributed by atoms with Crippen molar-refractivity contribution in [3.8, 4) is 5.75 Å². The second-order valence-electron chi connectivity index (χ2n) is 8.26. The molecule has 0 radical (unpaired) electrons. The summed E-state index contributed by atoms with van der Waals surface area (Å²) in [5.74, 6) is -1.86. The minimum atomic E-state index is -4.12. The fourth-order valence-corrected chi connectivity index (χ4v) is 5.95. The number of hydrogen-bond donors (Lipinski definition) is 2. The number of hydrogen-bond acceptors (Lipinski definition) is 6. The molecule has 11 heteroatoms. The molecule has 2 aromatic carbocycles. The first-order chi connectivity index (χ1) is 16.2. The van der Waals surface area contributed by atoms with Crippen LogP contribution in [0.1, 0.15) is 25.7 Å². The Morgan fingerprint density at radius 3 is 2.35 bits per heavy atom. The van der Waals surface area contributed by atoms with Crippen LogP contribution in [0.3, 0.4) is 0 Å². The Bertz CT molecular complexity index is 1230. The maximum Gasteiger partial charge on any atom is 0.265 e. The van der Waals surface area contributed by atoms with Gasteiger partial charge >= 0.3 is 0 Å². The summed E-state index contributed by atoms with van der Waals surface area (Å²) in [6.07, 6.45) is 3.11. The van der Waals surface area contributed by atoms with E-state index in [1.807, 2.05) is 0 Å². The van der Waals surface area contributed by atoms with Crippen molar-refractivity contribution in [3.63, 3.8) is 0 Å². The number of carbonyl (C=O) groups is 3. The molecule has 4 rings (SSSR count). The van der Waals surface area contributed by atoms with Crippen LogP contribution in [0.4, 0.5) is 11.4 Å². The number of rotatable bonds is 7. The van der Waals surface area contributed by atoms with Crippen LogP contribution in [0.2, 0.25) is 5.02 Å². The Labute approximate surface area is 202 Å². The molecule has 2 N–H and O–H groups in total. The molecule has 1 heterocycles. The summed E-state index contributed by atoms with van der Waals surface area (Å²) in [4.78, 5) is 38.7. The van der Waals surface area contributed by atoms with Gasteiger partial charge in [-0.1, -0.05) is 36.6 Å². The van der Waals surface area contributed by atoms with Crippen LogP contribution in [0.5, 0.6) is 5.75 Å². The number of anilines is 2. The lowest BCUT2D eigenvalue weighted by Crippen LogP contribution is -2.38. The summed E-state index contributed by atoms with van der Waals surface area (Å²) < 4.78 is 33.6. The molecule has 1 aliphatic carbocycles. The third kappa shape index (κ3) is 4.74. The first kappa shape index (κ1) is 24.0. The van der Waals surface area contributed by atoms with Crippen LogP contribution in [-0.2, 0) is 24.4 Å². The van der Waals surface area contributed by atoms with Crippen molar-refractivity contribution in [2.45, 2.75) is 30.6 Å². The maximum absolute atomic E-state index is 13.0. The van der Waals surface area contributed by atoms with Crippen molar-refractivity contribution in [1.29, 1.82) is 0 Å². The molecule has 0 bridgehead atoms. The molecule has 0 aromatic heterocycles. The van der Waals surface area contributed by atoms with Crippen molar-refractivity contribution in [3.05, 3.63) is 47.5 Å². The SMILES string of the molecule is COc1ccc(NC(=O)CN2C(=O)C3CCCCC3C2=O)cc1S(=O)(=O)Nc1ccccc1Cl. The van der Waals surface area contributed by atoms with Crippen LogP contribution < -0.4 is 14.8 Å². The second kappa shape index (κ2) is 9.63. The van der Waals surface area contributed by atoms with Gasteiger partial charge in [-0.2, -0.15) is 0 Å². The van der Waals surface area contributed by atoms with Gasteiger partial charge < -0.3 is 10.1 Å². The average Bonchev–Trinajstić information content (AvgIpc) is 3.05. The predicted octanol–water partition coefficient (Wildman–Crippen LogP) is 3.26. The van der Waals surface area contributed by atoms with Gasteiger partial charge in [-0.05, 0) is 43.2 Å². The highest BCUT2D eigenvalue weighted by Crippen LogP contribution is 2.38. The smallest absolute Gasteiger partial charge is 0.265 e. The monoisotopic (exact) mass is 505 g/mol. The van der Waals surface area contributed by atoms with E-state index in [0.717, 1.165) is 17.7 Å². The highest BCUT2D eigenvalue weighted by Gasteiger charge is 2.48. The molecular formula is C23H24ClN3O6S. The van der Waals surface area contributed by atoms with Crippen molar-refractivity contribution in [2.24, 2.45) is 11.8 Å². The number of sulfonamides is 1. The van der Waals surface area contributed by atoms with E-state index in [4.69, 9.17) is 16.3 Å². The zero-order valence-corrected chi connectivity index (χ0v) is 20.0. The van der Waals surface area contributed by atoms with Crippen LogP contribution in [0.15, 0.2) is 47.4 Å². The van der Waals surface area contributed by atoms with E-state index in [1.54, 1.807) is 18.2 Å². The number of imide groups is 1. The van der Waals surface area contributed by atoms with Gasteiger partial charge in [-0.25, -0.2) is 8.42 Å². The van der Waals surface area contributed by atoms with Gasteiger partial charge in [0.15, 0.2) is 0 Å².